The van der Waals surface area contributed by atoms with Crippen molar-refractivity contribution in [3.8, 4) is 0 Å². The molecular weight excluding hydrogens is 230 g/mol. The molecule has 2 aromatic carbocycles. The summed E-state index contributed by atoms with van der Waals surface area (Å²) in [7, 11) is 0. The SMILES string of the molecule is CCOC(=O)NNc1ccc2cc(N)ccc2c1. The van der Waals surface area contributed by atoms with E-state index in [2.05, 4.69) is 10.9 Å². The van der Waals surface area contributed by atoms with Crippen molar-refractivity contribution in [3.05, 3.63) is 36.4 Å². The van der Waals surface area contributed by atoms with Gasteiger partial charge in [0.15, 0.2) is 0 Å². The average molecular weight is 245 g/mol. The van der Waals surface area contributed by atoms with Crippen LogP contribution in [0.2, 0.25) is 0 Å². The van der Waals surface area contributed by atoms with Gasteiger partial charge in [-0.1, -0.05) is 12.1 Å². The number of nitrogens with one attached hydrogen (secondary N) is 2. The van der Waals surface area contributed by atoms with Gasteiger partial charge < -0.3 is 10.5 Å². The van der Waals surface area contributed by atoms with Crippen molar-refractivity contribution in [1.29, 1.82) is 0 Å². The Morgan fingerprint density at radius 1 is 1.22 bits per heavy atom. The molecule has 0 saturated carbocycles. The number of carbonyl (C=O) groups excluding carboxylic acids is 1. The van der Waals surface area contributed by atoms with Crippen LogP contribution < -0.4 is 16.6 Å². The van der Waals surface area contributed by atoms with Crippen LogP contribution in [0.3, 0.4) is 0 Å². The van der Waals surface area contributed by atoms with Gasteiger partial charge in [0.05, 0.1) is 12.3 Å². The molecule has 0 spiro atoms. The zero-order valence-corrected chi connectivity index (χ0v) is 10.1. The second kappa shape index (κ2) is 5.27. The molecule has 0 unspecified atom stereocenters. The lowest BCUT2D eigenvalue weighted by Crippen LogP contribution is -2.29. The number of nitrogens with two attached hydrogens (primary N) is 1. The molecule has 0 aliphatic carbocycles. The Kier molecular flexibility index (Phi) is 3.52. The van der Waals surface area contributed by atoms with Crippen LogP contribution in [-0.2, 0) is 4.74 Å². The lowest BCUT2D eigenvalue weighted by molar-refractivity contribution is 0.154. The van der Waals surface area contributed by atoms with Crippen LogP contribution >= 0.6 is 0 Å². The van der Waals surface area contributed by atoms with E-state index in [0.29, 0.717) is 6.61 Å². The van der Waals surface area contributed by atoms with Crippen LogP contribution in [-0.4, -0.2) is 12.7 Å². The maximum Gasteiger partial charge on any atom is 0.425 e. The molecule has 94 valence electrons. The first kappa shape index (κ1) is 12.0. The second-order valence-corrected chi connectivity index (χ2v) is 3.79. The molecule has 0 radical (unpaired) electrons. The van der Waals surface area contributed by atoms with Crippen molar-refractivity contribution in [3.63, 3.8) is 0 Å². The third kappa shape index (κ3) is 2.82. The van der Waals surface area contributed by atoms with Gasteiger partial charge in [-0.15, -0.1) is 0 Å². The smallest absolute Gasteiger partial charge is 0.425 e. The van der Waals surface area contributed by atoms with Gasteiger partial charge in [-0.05, 0) is 42.0 Å². The molecule has 0 bridgehead atoms. The number of hydrazine groups is 1. The first-order valence-corrected chi connectivity index (χ1v) is 5.67. The number of fused-ring (bicyclic) bond motifs is 1. The van der Waals surface area contributed by atoms with Gasteiger partial charge >= 0.3 is 6.09 Å². The number of hydrogen-bond acceptors (Lipinski definition) is 4. The predicted octanol–water partition coefficient (Wildman–Crippen LogP) is 2.50. The number of rotatable bonds is 3. The summed E-state index contributed by atoms with van der Waals surface area (Å²) in [5.41, 5.74) is 12.4. The highest BCUT2D eigenvalue weighted by Crippen LogP contribution is 2.20. The quantitative estimate of drug-likeness (QED) is 0.573. The molecule has 0 aliphatic heterocycles. The van der Waals surface area contributed by atoms with E-state index in [1.807, 2.05) is 36.4 Å². The third-order valence-corrected chi connectivity index (χ3v) is 2.45. The Morgan fingerprint density at radius 2 is 1.94 bits per heavy atom. The topological polar surface area (TPSA) is 76.4 Å². The minimum absolute atomic E-state index is 0.338. The van der Waals surface area contributed by atoms with Crippen molar-refractivity contribution < 1.29 is 9.53 Å². The summed E-state index contributed by atoms with van der Waals surface area (Å²) in [4.78, 5) is 11.1. The van der Waals surface area contributed by atoms with E-state index in [1.165, 1.54) is 0 Å². The highest BCUT2D eigenvalue weighted by atomic mass is 16.5. The van der Waals surface area contributed by atoms with Gasteiger partial charge in [-0.25, -0.2) is 10.2 Å². The van der Waals surface area contributed by atoms with E-state index >= 15 is 0 Å². The molecule has 5 heteroatoms. The van der Waals surface area contributed by atoms with Crippen molar-refractivity contribution in [2.24, 2.45) is 0 Å². The molecule has 0 atom stereocenters. The van der Waals surface area contributed by atoms with E-state index < -0.39 is 6.09 Å². The summed E-state index contributed by atoms with van der Waals surface area (Å²) < 4.78 is 4.74. The number of hydrogen-bond donors (Lipinski definition) is 3. The molecule has 0 aliphatic rings. The summed E-state index contributed by atoms with van der Waals surface area (Å²) in [6.45, 7) is 2.09. The average Bonchev–Trinajstić information content (AvgIpc) is 2.36. The molecule has 4 N–H and O–H groups in total. The lowest BCUT2D eigenvalue weighted by Gasteiger charge is -2.09. The molecule has 2 rings (SSSR count). The normalized spacial score (nSPS) is 10.1. The Labute approximate surface area is 105 Å². The van der Waals surface area contributed by atoms with Crippen LogP contribution in [0.1, 0.15) is 6.92 Å². The molecule has 18 heavy (non-hydrogen) atoms. The van der Waals surface area contributed by atoms with Crippen molar-refractivity contribution >= 4 is 28.2 Å². The molecular formula is C13H15N3O2. The number of anilines is 2. The van der Waals surface area contributed by atoms with Crippen LogP contribution in [0.4, 0.5) is 16.2 Å². The first-order chi connectivity index (χ1) is 8.69. The van der Waals surface area contributed by atoms with E-state index in [4.69, 9.17) is 10.5 Å². The molecule has 0 heterocycles. The highest BCUT2D eigenvalue weighted by Gasteiger charge is 2.00. The number of benzene rings is 2. The lowest BCUT2D eigenvalue weighted by atomic mass is 10.1. The van der Waals surface area contributed by atoms with Gasteiger partial charge in [0.2, 0.25) is 0 Å². The largest absolute Gasteiger partial charge is 0.449 e. The summed E-state index contributed by atoms with van der Waals surface area (Å²) in [5.74, 6) is 0. The van der Waals surface area contributed by atoms with Crippen molar-refractivity contribution in [1.82, 2.24) is 5.43 Å². The van der Waals surface area contributed by atoms with Crippen LogP contribution in [0.25, 0.3) is 10.8 Å². The molecule has 5 nitrogen and oxygen atoms in total. The molecule has 0 aromatic heterocycles. The number of amides is 1. The van der Waals surface area contributed by atoms with Crippen LogP contribution in [0.5, 0.6) is 0 Å². The van der Waals surface area contributed by atoms with Gasteiger partial charge in [0, 0.05) is 5.69 Å². The fourth-order valence-corrected chi connectivity index (χ4v) is 1.63. The third-order valence-electron chi connectivity index (χ3n) is 2.45. The van der Waals surface area contributed by atoms with Gasteiger partial charge in [-0.3, -0.25) is 5.43 Å². The summed E-state index contributed by atoms with van der Waals surface area (Å²) in [6, 6.07) is 11.4. The van der Waals surface area contributed by atoms with E-state index in [9.17, 15) is 4.79 Å². The fraction of sp³-hybridized carbons (Fsp3) is 0.154. The minimum atomic E-state index is -0.505. The maximum absolute atomic E-state index is 11.1. The first-order valence-electron chi connectivity index (χ1n) is 5.67. The fourth-order valence-electron chi connectivity index (χ4n) is 1.63. The van der Waals surface area contributed by atoms with Crippen LogP contribution in [0, 0.1) is 0 Å². The Bertz CT molecular complexity index is 569. The van der Waals surface area contributed by atoms with Gasteiger partial charge in [0.25, 0.3) is 0 Å². The maximum atomic E-state index is 11.1. The Morgan fingerprint density at radius 3 is 2.72 bits per heavy atom. The number of nitrogen functional groups attached to an aromatic ring is 1. The zero-order valence-electron chi connectivity index (χ0n) is 10.1. The monoisotopic (exact) mass is 245 g/mol. The Hall–Kier alpha value is -2.43. The van der Waals surface area contributed by atoms with E-state index in [1.54, 1.807) is 6.92 Å². The van der Waals surface area contributed by atoms with E-state index in [-0.39, 0.29) is 0 Å². The van der Waals surface area contributed by atoms with Gasteiger partial charge in [-0.2, -0.15) is 0 Å². The zero-order chi connectivity index (χ0) is 13.0. The second-order valence-electron chi connectivity index (χ2n) is 3.79. The number of carbonyl (C=O) groups is 1. The molecule has 0 saturated heterocycles. The summed E-state index contributed by atoms with van der Waals surface area (Å²) in [6.07, 6.45) is -0.505. The highest BCUT2D eigenvalue weighted by molar-refractivity contribution is 5.88. The minimum Gasteiger partial charge on any atom is -0.449 e. The summed E-state index contributed by atoms with van der Waals surface area (Å²) in [5, 5.41) is 2.09. The van der Waals surface area contributed by atoms with Crippen LogP contribution in [0.15, 0.2) is 36.4 Å². The summed E-state index contributed by atoms with van der Waals surface area (Å²) >= 11 is 0. The van der Waals surface area contributed by atoms with Crippen molar-refractivity contribution in [2.45, 2.75) is 6.92 Å². The standard InChI is InChI=1S/C13H15N3O2/c1-2-18-13(17)16-15-12-6-4-9-7-11(14)5-3-10(9)8-12/h3-8,15H,2,14H2,1H3,(H,16,17). The predicted molar refractivity (Wildman–Crippen MR) is 72.1 cm³/mol. The Balaban J connectivity index is 2.10. The molecule has 0 fully saturated rings. The molecule has 1 amide bonds. The van der Waals surface area contributed by atoms with Gasteiger partial charge in [0.1, 0.15) is 0 Å². The molecule has 2 aromatic rings. The van der Waals surface area contributed by atoms with E-state index in [0.717, 1.165) is 22.1 Å². The number of ether oxygens (including phenoxy) is 1. The van der Waals surface area contributed by atoms with Crippen molar-refractivity contribution in [2.75, 3.05) is 17.8 Å².